The van der Waals surface area contributed by atoms with Crippen molar-refractivity contribution >= 4 is 17.5 Å². The molecule has 1 aliphatic rings. The maximum Gasteiger partial charge on any atom is 0.227 e. The number of halogens is 1. The van der Waals surface area contributed by atoms with Gasteiger partial charge >= 0.3 is 0 Å². The number of phenolic OH excluding ortho intramolecular Hbond substituents is 1. The monoisotopic (exact) mass is 331 g/mol. The minimum Gasteiger partial charge on any atom is -0.508 e. The molecule has 4 nitrogen and oxygen atoms in total. The Morgan fingerprint density at radius 2 is 2.04 bits per heavy atom. The van der Waals surface area contributed by atoms with Crippen molar-refractivity contribution in [3.8, 4) is 5.75 Å². The van der Waals surface area contributed by atoms with Crippen molar-refractivity contribution < 1.29 is 14.6 Å². The molecule has 1 N–H and O–H groups in total. The molecule has 1 atom stereocenters. The van der Waals surface area contributed by atoms with Gasteiger partial charge in [0.1, 0.15) is 11.9 Å². The maximum atomic E-state index is 12.5. The molecular weight excluding hydrogens is 314 g/mol. The van der Waals surface area contributed by atoms with Gasteiger partial charge in [-0.25, -0.2) is 0 Å². The number of phenols is 1. The number of rotatable bonds is 3. The summed E-state index contributed by atoms with van der Waals surface area (Å²) in [6, 6.07) is 14.3. The van der Waals surface area contributed by atoms with Crippen LogP contribution in [0.2, 0.25) is 5.02 Å². The van der Waals surface area contributed by atoms with E-state index in [0.29, 0.717) is 24.7 Å². The normalized spacial score (nSPS) is 18.0. The van der Waals surface area contributed by atoms with Gasteiger partial charge < -0.3 is 14.7 Å². The smallest absolute Gasteiger partial charge is 0.227 e. The molecule has 0 aromatic heterocycles. The van der Waals surface area contributed by atoms with Gasteiger partial charge in [0.2, 0.25) is 5.91 Å². The number of hydrogen-bond acceptors (Lipinski definition) is 3. The molecule has 0 bridgehead atoms. The summed E-state index contributed by atoms with van der Waals surface area (Å²) >= 11 is 5.91. The lowest BCUT2D eigenvalue weighted by Crippen LogP contribution is -2.42. The van der Waals surface area contributed by atoms with Gasteiger partial charge in [-0.05, 0) is 35.4 Å². The van der Waals surface area contributed by atoms with E-state index >= 15 is 0 Å². The fourth-order valence-corrected chi connectivity index (χ4v) is 2.83. The summed E-state index contributed by atoms with van der Waals surface area (Å²) < 4.78 is 5.78. The van der Waals surface area contributed by atoms with Gasteiger partial charge in [-0.1, -0.05) is 35.9 Å². The summed E-state index contributed by atoms with van der Waals surface area (Å²) in [5, 5.41) is 10.2. The highest BCUT2D eigenvalue weighted by molar-refractivity contribution is 6.30. The Bertz CT molecular complexity index is 687. The van der Waals surface area contributed by atoms with Crippen LogP contribution in [0.15, 0.2) is 48.5 Å². The maximum absolute atomic E-state index is 12.5. The first-order valence-corrected chi connectivity index (χ1v) is 7.92. The van der Waals surface area contributed by atoms with E-state index in [4.69, 9.17) is 16.3 Å². The van der Waals surface area contributed by atoms with E-state index in [0.717, 1.165) is 11.1 Å². The Morgan fingerprint density at radius 1 is 1.26 bits per heavy atom. The van der Waals surface area contributed by atoms with Crippen LogP contribution in [-0.4, -0.2) is 35.6 Å². The number of nitrogens with zero attached hydrogens (tertiary/aromatic N) is 1. The summed E-state index contributed by atoms with van der Waals surface area (Å²) in [6.45, 7) is 1.63. The highest BCUT2D eigenvalue weighted by atomic mass is 35.5. The highest BCUT2D eigenvalue weighted by Gasteiger charge is 2.25. The minimum atomic E-state index is -0.130. The van der Waals surface area contributed by atoms with Gasteiger partial charge in [0.05, 0.1) is 19.6 Å². The van der Waals surface area contributed by atoms with Gasteiger partial charge in [-0.15, -0.1) is 0 Å². The lowest BCUT2D eigenvalue weighted by molar-refractivity contribution is -0.138. The van der Waals surface area contributed by atoms with Crippen LogP contribution in [0.5, 0.6) is 5.75 Å². The lowest BCUT2D eigenvalue weighted by atomic mass is 10.1. The molecule has 23 heavy (non-hydrogen) atoms. The number of carbonyl (C=O) groups is 1. The van der Waals surface area contributed by atoms with E-state index in [1.54, 1.807) is 18.2 Å². The lowest BCUT2D eigenvalue weighted by Gasteiger charge is -2.33. The number of amides is 1. The largest absolute Gasteiger partial charge is 0.508 e. The quantitative estimate of drug-likeness (QED) is 0.939. The average Bonchev–Trinajstić information content (AvgIpc) is 2.56. The van der Waals surface area contributed by atoms with Gasteiger partial charge in [0, 0.05) is 11.6 Å². The SMILES string of the molecule is O=C(Cc1cccc(O)c1)N1CCO[C@H](c2ccc(Cl)cc2)C1. The summed E-state index contributed by atoms with van der Waals surface area (Å²) in [5.41, 5.74) is 1.83. The molecule has 0 spiro atoms. The average molecular weight is 332 g/mol. The fraction of sp³-hybridized carbons (Fsp3) is 0.278. The third kappa shape index (κ3) is 4.03. The summed E-state index contributed by atoms with van der Waals surface area (Å²) in [7, 11) is 0. The van der Waals surface area contributed by atoms with E-state index in [-0.39, 0.29) is 24.2 Å². The molecule has 0 radical (unpaired) electrons. The van der Waals surface area contributed by atoms with Crippen LogP contribution in [0.4, 0.5) is 0 Å². The van der Waals surface area contributed by atoms with Crippen molar-refractivity contribution in [2.24, 2.45) is 0 Å². The number of benzene rings is 2. The number of hydrogen-bond donors (Lipinski definition) is 1. The molecule has 1 saturated heterocycles. The number of ether oxygens (including phenoxy) is 1. The van der Waals surface area contributed by atoms with Crippen LogP contribution in [0, 0.1) is 0 Å². The molecule has 5 heteroatoms. The Balaban J connectivity index is 1.65. The molecule has 1 aliphatic heterocycles. The number of morpholine rings is 1. The third-order valence-corrected chi connectivity index (χ3v) is 4.18. The van der Waals surface area contributed by atoms with Gasteiger partial charge in [0.15, 0.2) is 0 Å². The molecule has 1 amide bonds. The van der Waals surface area contributed by atoms with Crippen molar-refractivity contribution in [3.63, 3.8) is 0 Å². The first kappa shape index (κ1) is 15.8. The first-order chi connectivity index (χ1) is 11.1. The Hall–Kier alpha value is -2.04. The van der Waals surface area contributed by atoms with E-state index in [1.807, 2.05) is 35.2 Å². The standard InChI is InChI=1S/C18H18ClNO3/c19-15-6-4-14(5-7-15)17-12-20(8-9-23-17)18(22)11-13-2-1-3-16(21)10-13/h1-7,10,17,21H,8-9,11-12H2/t17-/m0/s1. The van der Waals surface area contributed by atoms with Crippen LogP contribution in [0.3, 0.4) is 0 Å². The zero-order chi connectivity index (χ0) is 16.2. The summed E-state index contributed by atoms with van der Waals surface area (Å²) in [6.07, 6.45) is 0.149. The molecular formula is C18H18ClNO3. The molecule has 0 saturated carbocycles. The molecule has 0 unspecified atom stereocenters. The Labute approximate surface area is 140 Å². The zero-order valence-corrected chi connectivity index (χ0v) is 13.4. The second kappa shape index (κ2) is 7.02. The second-order valence-electron chi connectivity index (χ2n) is 5.60. The van der Waals surface area contributed by atoms with Crippen molar-refractivity contribution in [2.75, 3.05) is 19.7 Å². The van der Waals surface area contributed by atoms with Crippen molar-refractivity contribution in [1.82, 2.24) is 4.90 Å². The second-order valence-corrected chi connectivity index (χ2v) is 6.03. The van der Waals surface area contributed by atoms with Crippen molar-refractivity contribution in [1.29, 1.82) is 0 Å². The summed E-state index contributed by atoms with van der Waals surface area (Å²) in [5.74, 6) is 0.217. The molecule has 3 rings (SSSR count). The topological polar surface area (TPSA) is 49.8 Å². The van der Waals surface area contributed by atoms with Crippen LogP contribution >= 0.6 is 11.6 Å². The van der Waals surface area contributed by atoms with Crippen LogP contribution in [-0.2, 0) is 16.0 Å². The molecule has 2 aromatic carbocycles. The molecule has 1 heterocycles. The predicted octanol–water partition coefficient (Wildman–Crippen LogP) is 3.19. The summed E-state index contributed by atoms with van der Waals surface area (Å²) in [4.78, 5) is 14.3. The molecule has 1 fully saturated rings. The number of carbonyl (C=O) groups excluding carboxylic acids is 1. The Morgan fingerprint density at radius 3 is 2.78 bits per heavy atom. The van der Waals surface area contributed by atoms with Crippen LogP contribution in [0.25, 0.3) is 0 Å². The predicted molar refractivity (Wildman–Crippen MR) is 88.5 cm³/mol. The molecule has 2 aromatic rings. The van der Waals surface area contributed by atoms with E-state index in [1.165, 1.54) is 0 Å². The van der Waals surface area contributed by atoms with Crippen molar-refractivity contribution in [3.05, 3.63) is 64.7 Å². The highest BCUT2D eigenvalue weighted by Crippen LogP contribution is 2.24. The first-order valence-electron chi connectivity index (χ1n) is 7.54. The van der Waals surface area contributed by atoms with E-state index < -0.39 is 0 Å². The van der Waals surface area contributed by atoms with Crippen LogP contribution < -0.4 is 0 Å². The third-order valence-electron chi connectivity index (χ3n) is 3.93. The zero-order valence-electron chi connectivity index (χ0n) is 12.6. The van der Waals surface area contributed by atoms with Crippen molar-refractivity contribution in [2.45, 2.75) is 12.5 Å². The molecule has 0 aliphatic carbocycles. The van der Waals surface area contributed by atoms with Gasteiger partial charge in [0.25, 0.3) is 0 Å². The molecule has 120 valence electrons. The number of aromatic hydroxyl groups is 1. The minimum absolute atomic E-state index is 0.0397. The van der Waals surface area contributed by atoms with Gasteiger partial charge in [-0.2, -0.15) is 0 Å². The van der Waals surface area contributed by atoms with E-state index in [2.05, 4.69) is 0 Å². The van der Waals surface area contributed by atoms with Crippen LogP contribution in [0.1, 0.15) is 17.2 Å². The Kier molecular flexibility index (Phi) is 4.84. The fourth-order valence-electron chi connectivity index (χ4n) is 2.71. The van der Waals surface area contributed by atoms with Gasteiger partial charge in [-0.3, -0.25) is 4.79 Å². The van der Waals surface area contributed by atoms with E-state index in [9.17, 15) is 9.90 Å².